The summed E-state index contributed by atoms with van der Waals surface area (Å²) in [6.45, 7) is 0.0880. The maximum atomic E-state index is 10.0. The third kappa shape index (κ3) is 1.99. The predicted molar refractivity (Wildman–Crippen MR) is 75.6 cm³/mol. The molecule has 0 atom stereocenters. The summed E-state index contributed by atoms with van der Waals surface area (Å²) in [6, 6.07) is 17.2. The van der Waals surface area contributed by atoms with Crippen molar-refractivity contribution in [3.63, 3.8) is 0 Å². The van der Waals surface area contributed by atoms with Gasteiger partial charge in [0.1, 0.15) is 6.54 Å². The zero-order valence-corrected chi connectivity index (χ0v) is 10.2. The lowest BCUT2D eigenvalue weighted by molar-refractivity contribution is 0.375. The van der Waals surface area contributed by atoms with Gasteiger partial charge in [-0.15, -0.1) is 0 Å². The molecule has 1 aliphatic heterocycles. The highest BCUT2D eigenvalue weighted by molar-refractivity contribution is 6.15. The van der Waals surface area contributed by atoms with Crippen molar-refractivity contribution in [2.45, 2.75) is 0 Å². The number of fused-ring (bicyclic) bond motifs is 1. The fraction of sp³-hybridized carbons (Fsp3) is 0.0625. The fourth-order valence-electron chi connectivity index (χ4n) is 2.21. The molecule has 0 radical (unpaired) electrons. The Kier molecular flexibility index (Phi) is 2.80. The van der Waals surface area contributed by atoms with E-state index in [0.29, 0.717) is 5.56 Å². The number of benzene rings is 2. The van der Waals surface area contributed by atoms with E-state index in [2.05, 4.69) is 4.99 Å². The molecule has 0 spiro atoms. The molecule has 0 saturated carbocycles. The Balaban J connectivity index is 2.22. The average molecular weight is 251 g/mol. The molecule has 0 amide bonds. The van der Waals surface area contributed by atoms with Gasteiger partial charge >= 0.3 is 0 Å². The van der Waals surface area contributed by atoms with Crippen LogP contribution in [0, 0.1) is 0 Å². The van der Waals surface area contributed by atoms with Crippen molar-refractivity contribution < 1.29 is 10.2 Å². The van der Waals surface area contributed by atoms with Crippen molar-refractivity contribution in [1.82, 2.24) is 0 Å². The molecule has 0 saturated heterocycles. The third-order valence-electron chi connectivity index (χ3n) is 3.14. The lowest BCUT2D eigenvalue weighted by Gasteiger charge is -2.09. The molecule has 0 aromatic heterocycles. The van der Waals surface area contributed by atoms with Gasteiger partial charge in [-0.05, 0) is 0 Å². The van der Waals surface area contributed by atoms with Gasteiger partial charge in [0.15, 0.2) is 11.5 Å². The number of hydrogen-bond donors (Lipinski definition) is 2. The highest BCUT2D eigenvalue weighted by Crippen LogP contribution is 2.25. The van der Waals surface area contributed by atoms with Crippen LogP contribution in [-0.2, 0) is 0 Å². The van der Waals surface area contributed by atoms with Crippen molar-refractivity contribution in [2.75, 3.05) is 6.54 Å². The van der Waals surface area contributed by atoms with E-state index < -0.39 is 0 Å². The molecule has 2 N–H and O–H groups in total. The molecule has 1 aliphatic rings. The minimum atomic E-state index is -0.0987. The van der Waals surface area contributed by atoms with Crippen molar-refractivity contribution in [2.24, 2.45) is 4.99 Å². The van der Waals surface area contributed by atoms with E-state index in [0.717, 1.165) is 16.8 Å². The molecule has 3 nitrogen and oxygen atoms in total. The highest BCUT2D eigenvalue weighted by Gasteiger charge is 2.19. The first-order valence-corrected chi connectivity index (χ1v) is 6.08. The predicted octanol–water partition coefficient (Wildman–Crippen LogP) is 3.32. The van der Waals surface area contributed by atoms with Gasteiger partial charge in [-0.25, -0.2) is 0 Å². The van der Waals surface area contributed by atoms with E-state index in [9.17, 15) is 10.2 Å². The van der Waals surface area contributed by atoms with Gasteiger partial charge in [-0.2, -0.15) is 0 Å². The topological polar surface area (TPSA) is 52.8 Å². The summed E-state index contributed by atoms with van der Waals surface area (Å²) in [6.07, 6.45) is 0. The molecule has 0 bridgehead atoms. The van der Waals surface area contributed by atoms with E-state index in [1.54, 1.807) is 6.07 Å². The zero-order chi connectivity index (χ0) is 13.2. The molecule has 0 aliphatic carbocycles. The Hall–Kier alpha value is -2.55. The first-order chi connectivity index (χ1) is 9.27. The monoisotopic (exact) mass is 251 g/mol. The summed E-state index contributed by atoms with van der Waals surface area (Å²) in [4.78, 5) is 4.42. The van der Waals surface area contributed by atoms with Gasteiger partial charge in [0.2, 0.25) is 0 Å². The lowest BCUT2D eigenvalue weighted by atomic mass is 9.97. The van der Waals surface area contributed by atoms with E-state index in [1.807, 2.05) is 48.5 Å². The number of aliphatic hydroxyl groups is 2. The second kappa shape index (κ2) is 4.61. The van der Waals surface area contributed by atoms with Crippen LogP contribution in [0.15, 0.2) is 65.3 Å². The second-order valence-corrected chi connectivity index (χ2v) is 4.37. The summed E-state index contributed by atoms with van der Waals surface area (Å²) >= 11 is 0. The summed E-state index contributed by atoms with van der Waals surface area (Å²) < 4.78 is 0. The van der Waals surface area contributed by atoms with Gasteiger partial charge < -0.3 is 10.2 Å². The largest absolute Gasteiger partial charge is 0.507 e. The average Bonchev–Trinajstić information content (AvgIpc) is 2.59. The van der Waals surface area contributed by atoms with Crippen LogP contribution in [0.3, 0.4) is 0 Å². The number of hydrogen-bond acceptors (Lipinski definition) is 3. The maximum Gasteiger partial charge on any atom is 0.163 e. The summed E-state index contributed by atoms with van der Waals surface area (Å²) in [5.41, 5.74) is 3.19. The van der Waals surface area contributed by atoms with Crippen LogP contribution in [0.1, 0.15) is 16.7 Å². The molecule has 94 valence electrons. The van der Waals surface area contributed by atoms with Gasteiger partial charge in [-0.1, -0.05) is 54.6 Å². The number of nitrogens with zero attached hydrogens (tertiary/aromatic N) is 1. The first-order valence-electron chi connectivity index (χ1n) is 6.08. The highest BCUT2D eigenvalue weighted by atomic mass is 16.3. The second-order valence-electron chi connectivity index (χ2n) is 4.37. The van der Waals surface area contributed by atoms with E-state index in [1.165, 1.54) is 0 Å². The Bertz CT molecular complexity index is 672. The minimum Gasteiger partial charge on any atom is -0.507 e. The Labute approximate surface area is 111 Å². The van der Waals surface area contributed by atoms with Crippen LogP contribution in [0.5, 0.6) is 0 Å². The van der Waals surface area contributed by atoms with Crippen molar-refractivity contribution in [3.05, 3.63) is 77.0 Å². The van der Waals surface area contributed by atoms with E-state index >= 15 is 0 Å². The van der Waals surface area contributed by atoms with Crippen LogP contribution < -0.4 is 0 Å². The SMILES string of the molecule is OC1=C(O)c2ccccc2C(c2ccccc2)=NC1. The van der Waals surface area contributed by atoms with Gasteiger partial charge in [0.05, 0.1) is 5.71 Å². The Morgan fingerprint density at radius 3 is 2.16 bits per heavy atom. The molecule has 2 aromatic rings. The van der Waals surface area contributed by atoms with Crippen molar-refractivity contribution in [3.8, 4) is 0 Å². The Morgan fingerprint density at radius 2 is 1.42 bits per heavy atom. The number of aliphatic hydroxyl groups excluding tert-OH is 2. The fourth-order valence-corrected chi connectivity index (χ4v) is 2.21. The van der Waals surface area contributed by atoms with Gasteiger partial charge in [-0.3, -0.25) is 4.99 Å². The van der Waals surface area contributed by atoms with E-state index in [4.69, 9.17) is 0 Å². The molecular weight excluding hydrogens is 238 g/mol. The minimum absolute atomic E-state index is 0.0880. The zero-order valence-electron chi connectivity index (χ0n) is 10.2. The smallest absolute Gasteiger partial charge is 0.163 e. The summed E-state index contributed by atoms with van der Waals surface area (Å²) in [5.74, 6) is -0.191. The maximum absolute atomic E-state index is 10.0. The van der Waals surface area contributed by atoms with Gasteiger partial charge in [0.25, 0.3) is 0 Å². The molecule has 0 fully saturated rings. The number of aliphatic imine (C=N–C) groups is 1. The van der Waals surface area contributed by atoms with E-state index in [-0.39, 0.29) is 18.1 Å². The molecule has 0 unspecified atom stereocenters. The van der Waals surface area contributed by atoms with Crippen LogP contribution in [-0.4, -0.2) is 22.5 Å². The van der Waals surface area contributed by atoms with Crippen LogP contribution >= 0.6 is 0 Å². The first kappa shape index (κ1) is 11.5. The molecular formula is C16H13NO2. The van der Waals surface area contributed by atoms with Crippen LogP contribution in [0.25, 0.3) is 5.76 Å². The molecule has 3 heteroatoms. The van der Waals surface area contributed by atoms with Crippen molar-refractivity contribution >= 4 is 11.5 Å². The van der Waals surface area contributed by atoms with Crippen LogP contribution in [0.2, 0.25) is 0 Å². The van der Waals surface area contributed by atoms with Gasteiger partial charge in [0, 0.05) is 16.7 Å². The van der Waals surface area contributed by atoms with Crippen LogP contribution in [0.4, 0.5) is 0 Å². The quantitative estimate of drug-likeness (QED) is 0.816. The summed E-state index contributed by atoms with van der Waals surface area (Å²) in [5, 5.41) is 19.8. The molecule has 3 rings (SSSR count). The normalized spacial score (nSPS) is 14.6. The molecule has 1 heterocycles. The standard InChI is InChI=1S/C16H13NO2/c18-14-10-17-15(11-6-2-1-3-7-11)12-8-4-5-9-13(12)16(14)19/h1-9,18-19H,10H2. The summed E-state index contributed by atoms with van der Waals surface area (Å²) in [7, 11) is 0. The number of rotatable bonds is 1. The lowest BCUT2D eigenvalue weighted by Crippen LogP contribution is -2.05. The van der Waals surface area contributed by atoms with Crippen molar-refractivity contribution in [1.29, 1.82) is 0 Å². The molecule has 2 aromatic carbocycles. The third-order valence-corrected chi connectivity index (χ3v) is 3.14. The molecule has 19 heavy (non-hydrogen) atoms. The Morgan fingerprint density at radius 1 is 0.789 bits per heavy atom.